The quantitative estimate of drug-likeness (QED) is 0.0295. The van der Waals surface area contributed by atoms with E-state index >= 15 is 0 Å². The summed E-state index contributed by atoms with van der Waals surface area (Å²) < 4.78 is 0. The summed E-state index contributed by atoms with van der Waals surface area (Å²) in [5, 5.41) is 49.0. The molecule has 19 N–H and O–H groups in total. The van der Waals surface area contributed by atoms with Gasteiger partial charge in [0.05, 0.1) is 19.1 Å². The number of thioether (sulfide) groups is 1. The number of benzene rings is 1. The molecule has 0 aliphatic carbocycles. The second-order valence-electron chi connectivity index (χ2n) is 18.5. The molecule has 412 valence electrons. The van der Waals surface area contributed by atoms with Gasteiger partial charge in [-0.15, -0.1) is 0 Å². The average Bonchev–Trinajstić information content (AvgIpc) is 3.32. The summed E-state index contributed by atoms with van der Waals surface area (Å²) in [6, 6.07) is -6.37. The maximum Gasteiger partial charge on any atom is 0.328 e. The molecule has 0 aliphatic heterocycles. The van der Waals surface area contributed by atoms with Crippen LogP contribution in [-0.4, -0.2) is 161 Å². The van der Waals surface area contributed by atoms with Crippen LogP contribution in [0.1, 0.15) is 98.0 Å². The van der Waals surface area contributed by atoms with Crippen molar-refractivity contribution in [3.8, 4) is 5.75 Å². The lowest BCUT2D eigenvalue weighted by Gasteiger charge is -2.29. The number of phenols is 1. The number of hydrogen-bond donors (Lipinski definition) is 15. The summed E-state index contributed by atoms with van der Waals surface area (Å²) in [7, 11) is 0. The van der Waals surface area contributed by atoms with Gasteiger partial charge >= 0.3 is 5.97 Å². The van der Waals surface area contributed by atoms with E-state index in [1.807, 2.05) is 11.6 Å². The van der Waals surface area contributed by atoms with Crippen LogP contribution in [0.3, 0.4) is 0 Å². The molecule has 26 heteroatoms. The Bertz CT molecular complexity index is 1980. The summed E-state index contributed by atoms with van der Waals surface area (Å²) >= 11 is 1.51. The van der Waals surface area contributed by atoms with Crippen molar-refractivity contribution in [1.29, 1.82) is 0 Å². The molecule has 0 saturated carbocycles. The average molecular weight is 1050 g/mol. The maximum atomic E-state index is 14.4. The number of primary amides is 1. The Balaban J connectivity index is 3.57. The number of carbonyl (C=O) groups is 10. The Morgan fingerprint density at radius 2 is 1.04 bits per heavy atom. The summed E-state index contributed by atoms with van der Waals surface area (Å²) in [5.74, 6) is -9.48. The zero-order chi connectivity index (χ0) is 55.4. The van der Waals surface area contributed by atoms with Crippen LogP contribution in [0, 0.1) is 11.8 Å². The number of hydrogen-bond acceptors (Lipinski definition) is 16. The molecule has 0 aliphatic rings. The van der Waals surface area contributed by atoms with E-state index in [-0.39, 0.29) is 50.4 Å². The molecule has 9 amide bonds. The van der Waals surface area contributed by atoms with Crippen molar-refractivity contribution in [2.75, 3.05) is 31.7 Å². The van der Waals surface area contributed by atoms with Crippen LogP contribution in [0.25, 0.3) is 0 Å². The van der Waals surface area contributed by atoms with Crippen LogP contribution >= 0.6 is 11.8 Å². The Hall–Kier alpha value is -6.09. The van der Waals surface area contributed by atoms with E-state index in [4.69, 9.17) is 22.9 Å². The lowest BCUT2D eigenvalue weighted by atomic mass is 9.99. The molecule has 9 atom stereocenters. The number of carbonyl (C=O) groups excluding carboxylic acids is 9. The highest BCUT2D eigenvalue weighted by Crippen LogP contribution is 2.15. The third-order valence-corrected chi connectivity index (χ3v) is 12.0. The van der Waals surface area contributed by atoms with Gasteiger partial charge in [-0.2, -0.15) is 11.8 Å². The molecule has 0 fully saturated rings. The van der Waals surface area contributed by atoms with Crippen LogP contribution < -0.4 is 65.5 Å². The number of carboxylic acids is 1. The first-order chi connectivity index (χ1) is 34.4. The molecular weight excluding hydrogens is 973 g/mol. The fourth-order valence-electron chi connectivity index (χ4n) is 7.10. The zero-order valence-electron chi connectivity index (χ0n) is 42.7. The largest absolute Gasteiger partial charge is 0.508 e. The molecule has 0 unspecified atom stereocenters. The fourth-order valence-corrected chi connectivity index (χ4v) is 7.59. The minimum atomic E-state index is -1.78. The van der Waals surface area contributed by atoms with E-state index in [1.54, 1.807) is 27.7 Å². The molecule has 0 saturated heterocycles. The van der Waals surface area contributed by atoms with E-state index in [2.05, 4.69) is 37.2 Å². The summed E-state index contributed by atoms with van der Waals surface area (Å²) in [6.07, 6.45) is 2.90. The molecule has 0 bridgehead atoms. The van der Waals surface area contributed by atoms with Crippen LogP contribution in [0.5, 0.6) is 5.75 Å². The number of aliphatic hydroxyl groups is 1. The first kappa shape index (κ1) is 64.9. The van der Waals surface area contributed by atoms with Crippen molar-refractivity contribution in [2.45, 2.75) is 153 Å². The van der Waals surface area contributed by atoms with Crippen molar-refractivity contribution in [3.63, 3.8) is 0 Å². The third kappa shape index (κ3) is 24.9. The van der Waals surface area contributed by atoms with Gasteiger partial charge in [0.25, 0.3) is 0 Å². The van der Waals surface area contributed by atoms with Gasteiger partial charge in [-0.1, -0.05) is 39.8 Å². The molecule has 73 heavy (non-hydrogen) atoms. The second-order valence-corrected chi connectivity index (χ2v) is 19.5. The Morgan fingerprint density at radius 1 is 0.575 bits per heavy atom. The van der Waals surface area contributed by atoms with E-state index in [1.165, 1.54) is 43.0 Å². The number of amides is 9. The van der Waals surface area contributed by atoms with Crippen molar-refractivity contribution in [2.24, 2.45) is 34.8 Å². The van der Waals surface area contributed by atoms with E-state index in [0.717, 1.165) is 0 Å². The van der Waals surface area contributed by atoms with E-state index in [9.17, 15) is 63.3 Å². The van der Waals surface area contributed by atoms with Crippen molar-refractivity contribution < 1.29 is 63.3 Å². The SMILES string of the molecule is CSCC[C@H](N)C(=O)N[C@@H](C)C(=O)N[C@H](C(=O)N[C@@H](CCCCN)C(=O)N[C@@H](CCCCN)C(=O)N[C@@H](Cc1ccc(O)cc1)C(=O)N[C@@H](CC(C)C)C(=O)N[C@@H](CC(N)=O)C(=O)N[C@@H](CO)C(=O)O)C(C)C. The number of rotatable bonds is 36. The summed E-state index contributed by atoms with van der Waals surface area (Å²) in [5.41, 5.74) is 23.3. The highest BCUT2D eigenvalue weighted by atomic mass is 32.2. The lowest BCUT2D eigenvalue weighted by molar-refractivity contribution is -0.143. The highest BCUT2D eigenvalue weighted by Gasteiger charge is 2.36. The highest BCUT2D eigenvalue weighted by molar-refractivity contribution is 7.98. The number of unbranched alkanes of at least 4 members (excludes halogenated alkanes) is 2. The van der Waals surface area contributed by atoms with Gasteiger partial charge in [0.15, 0.2) is 0 Å². The predicted molar refractivity (Wildman–Crippen MR) is 273 cm³/mol. The number of phenolic OH excluding ortho intramolecular Hbond substituents is 1. The van der Waals surface area contributed by atoms with Crippen LogP contribution in [0.2, 0.25) is 0 Å². The molecular formula is C47H80N12O13S. The smallest absolute Gasteiger partial charge is 0.328 e. The molecule has 0 spiro atoms. The number of aliphatic hydroxyl groups excluding tert-OH is 1. The van der Waals surface area contributed by atoms with Crippen LogP contribution in [0.15, 0.2) is 24.3 Å². The van der Waals surface area contributed by atoms with E-state index in [0.29, 0.717) is 43.4 Å². The van der Waals surface area contributed by atoms with Gasteiger partial charge in [-0.05, 0) is 113 Å². The third-order valence-electron chi connectivity index (χ3n) is 11.3. The number of nitrogens with two attached hydrogens (primary N) is 4. The maximum absolute atomic E-state index is 14.4. The lowest BCUT2D eigenvalue weighted by Crippen LogP contribution is -2.61. The van der Waals surface area contributed by atoms with Gasteiger partial charge in [-0.3, -0.25) is 43.2 Å². The second kappa shape index (κ2) is 34.4. The fraction of sp³-hybridized carbons (Fsp3) is 0.660. The Labute approximate surface area is 430 Å². The molecule has 1 aromatic carbocycles. The first-order valence-electron chi connectivity index (χ1n) is 24.4. The topological polar surface area (TPSA) is 432 Å². The van der Waals surface area contributed by atoms with Gasteiger partial charge in [0.2, 0.25) is 53.2 Å². The normalized spacial score (nSPS) is 14.9. The molecule has 25 nitrogen and oxygen atoms in total. The first-order valence-corrected chi connectivity index (χ1v) is 25.8. The van der Waals surface area contributed by atoms with Gasteiger partial charge in [-0.25, -0.2) is 4.79 Å². The van der Waals surface area contributed by atoms with Crippen molar-refractivity contribution in [1.82, 2.24) is 42.5 Å². The molecule has 1 aromatic rings. The standard InChI is InChI=1S/C47H80N12O13S/c1-25(2)21-33(43(67)57-35(23-37(51)62)45(69)58-36(24-60)47(71)72)55-44(68)34(22-28-13-15-29(61)16-14-28)56-42(66)31(11-7-9-18-48)53-41(65)32(12-8-10-19-49)54-46(70)38(26(3)4)59-39(63)27(5)52-40(64)30(50)17-20-73-6/h13-16,25-27,30-36,38,60-61H,7-12,17-24,48-50H2,1-6H3,(H2,51,62)(H,52,64)(H,53,65)(H,54,70)(H,55,68)(H,56,66)(H,57,67)(H,58,69)(H,59,63)(H,71,72)/t27-,30-,31-,32-,33-,34-,35-,36-,38-/m0/s1. The predicted octanol–water partition coefficient (Wildman–Crippen LogP) is -3.17. The number of carboxylic acid groups (broad SMARTS) is 1. The minimum absolute atomic E-state index is 0.0156. The Kier molecular flexibility index (Phi) is 30.6. The summed E-state index contributed by atoms with van der Waals surface area (Å²) in [6.45, 7) is 7.74. The van der Waals surface area contributed by atoms with Crippen molar-refractivity contribution in [3.05, 3.63) is 29.8 Å². The summed E-state index contributed by atoms with van der Waals surface area (Å²) in [4.78, 5) is 133. The molecule has 1 rings (SSSR count). The number of aromatic hydroxyl groups is 1. The van der Waals surface area contributed by atoms with Gasteiger partial charge in [0.1, 0.15) is 54.1 Å². The van der Waals surface area contributed by atoms with E-state index < -0.39 is 132 Å². The monoisotopic (exact) mass is 1050 g/mol. The molecule has 0 heterocycles. The van der Waals surface area contributed by atoms with Crippen LogP contribution in [0.4, 0.5) is 0 Å². The minimum Gasteiger partial charge on any atom is -0.508 e. The molecule has 0 aromatic heterocycles. The van der Waals surface area contributed by atoms with Crippen molar-refractivity contribution >= 4 is 70.9 Å². The number of nitrogens with one attached hydrogen (secondary N) is 8. The van der Waals surface area contributed by atoms with Gasteiger partial charge in [0, 0.05) is 6.42 Å². The van der Waals surface area contributed by atoms with Gasteiger partial charge < -0.3 is 80.8 Å². The zero-order valence-corrected chi connectivity index (χ0v) is 43.5. The number of aliphatic carboxylic acids is 1. The van der Waals surface area contributed by atoms with Crippen LogP contribution in [-0.2, 0) is 54.4 Å². The Morgan fingerprint density at radius 3 is 1.52 bits per heavy atom. The molecule has 0 radical (unpaired) electrons.